The summed E-state index contributed by atoms with van der Waals surface area (Å²) in [5.74, 6) is -3.54. The quantitative estimate of drug-likeness (QED) is 0.0759. The maximum atomic E-state index is 13.7. The Morgan fingerprint density at radius 1 is 0.590 bits per heavy atom. The standard InChI is InChI=1S/2C22H25FN6O3.C6H8O7.ClH/c2*23-15-1-2-18-19(11-15)29(21(30)14-25-18)8-7-28-5-3-16(4-6-28)24-13-17-12-20-22(27-26-17)32-10-9-31-20;7-3(8)1-6(13,5(11)12)2-4(9)10;/h2*1-2,11-12,14,16,24H,3-10,13H2;13H,1-2H2,(H,7,8)(H,9,10)(H,11,12);1H. The van der Waals surface area contributed by atoms with Crippen LogP contribution in [0.3, 0.4) is 0 Å². The fourth-order valence-electron chi connectivity index (χ4n) is 9.11. The molecule has 10 rings (SSSR count). The zero-order chi connectivity index (χ0) is 54.5. The summed E-state index contributed by atoms with van der Waals surface area (Å²) in [5.41, 5.74) is 0.815. The fraction of sp³-hybridized carbons (Fsp3) is 0.460. The van der Waals surface area contributed by atoms with Crippen molar-refractivity contribution in [1.29, 1.82) is 0 Å². The lowest BCUT2D eigenvalue weighted by atomic mass is 9.96. The van der Waals surface area contributed by atoms with E-state index >= 15 is 0 Å². The Labute approximate surface area is 449 Å². The van der Waals surface area contributed by atoms with Crippen molar-refractivity contribution in [3.63, 3.8) is 0 Å². The molecule has 2 aromatic carbocycles. The summed E-state index contributed by atoms with van der Waals surface area (Å²) in [7, 11) is 0. The summed E-state index contributed by atoms with van der Waals surface area (Å²) in [5, 5.41) is 57.5. The number of fused-ring (bicyclic) bond motifs is 4. The molecule has 78 heavy (non-hydrogen) atoms. The second kappa shape index (κ2) is 27.2. The molecule has 0 spiro atoms. The number of carboxylic acid groups (broad SMARTS) is 3. The first-order valence-corrected chi connectivity index (χ1v) is 24.9. The highest BCUT2D eigenvalue weighted by Crippen LogP contribution is 2.28. The van der Waals surface area contributed by atoms with Gasteiger partial charge in [-0.05, 0) is 88.3 Å². The lowest BCUT2D eigenvalue weighted by Gasteiger charge is -2.32. The van der Waals surface area contributed by atoms with Gasteiger partial charge in [0.2, 0.25) is 0 Å². The molecular weight excluding hydrogens is 1050 g/mol. The zero-order valence-corrected chi connectivity index (χ0v) is 43.0. The van der Waals surface area contributed by atoms with Gasteiger partial charge in [-0.15, -0.1) is 22.6 Å². The number of halogens is 3. The van der Waals surface area contributed by atoms with Crippen molar-refractivity contribution in [2.24, 2.45) is 0 Å². The van der Waals surface area contributed by atoms with Crippen LogP contribution in [0.1, 0.15) is 49.9 Å². The molecule has 4 aromatic heterocycles. The van der Waals surface area contributed by atoms with Crippen LogP contribution in [0.2, 0.25) is 0 Å². The number of likely N-dealkylation sites (tertiary alicyclic amines) is 2. The summed E-state index contributed by atoms with van der Waals surface area (Å²) in [6.07, 6.45) is 4.31. The molecule has 0 atom stereocenters. The third-order valence-corrected chi connectivity index (χ3v) is 13.2. The van der Waals surface area contributed by atoms with E-state index in [-0.39, 0.29) is 35.2 Å². The average molecular weight is 1110 g/mol. The summed E-state index contributed by atoms with van der Waals surface area (Å²) >= 11 is 0. The van der Waals surface area contributed by atoms with E-state index in [1.54, 1.807) is 21.3 Å². The van der Waals surface area contributed by atoms with E-state index in [1.165, 1.54) is 36.7 Å². The Morgan fingerprint density at radius 3 is 1.37 bits per heavy atom. The van der Waals surface area contributed by atoms with E-state index in [4.69, 9.17) is 39.4 Å². The second-order valence-electron chi connectivity index (χ2n) is 18.6. The monoisotopic (exact) mass is 1110 g/mol. The van der Waals surface area contributed by atoms with Gasteiger partial charge in [0.05, 0.1) is 58.7 Å². The number of rotatable bonds is 17. The Bertz CT molecular complexity index is 2980. The van der Waals surface area contributed by atoms with Gasteiger partial charge in [-0.25, -0.2) is 23.5 Å². The van der Waals surface area contributed by atoms with Crippen molar-refractivity contribution >= 4 is 52.4 Å². The van der Waals surface area contributed by atoms with Gasteiger partial charge in [0, 0.05) is 63.5 Å². The molecule has 418 valence electrons. The molecule has 2 fully saturated rings. The van der Waals surface area contributed by atoms with Crippen LogP contribution in [0, 0.1) is 11.6 Å². The van der Waals surface area contributed by atoms with Crippen molar-refractivity contribution in [1.82, 2.24) is 59.9 Å². The number of aliphatic hydroxyl groups is 1. The highest BCUT2D eigenvalue weighted by Gasteiger charge is 2.41. The predicted molar refractivity (Wildman–Crippen MR) is 275 cm³/mol. The molecule has 0 radical (unpaired) electrons. The van der Waals surface area contributed by atoms with Gasteiger partial charge in [-0.3, -0.25) is 19.2 Å². The average Bonchev–Trinajstić information content (AvgIpc) is 3.43. The van der Waals surface area contributed by atoms with Gasteiger partial charge >= 0.3 is 17.9 Å². The highest BCUT2D eigenvalue weighted by atomic mass is 35.5. The molecule has 0 unspecified atom stereocenters. The number of hydrogen-bond acceptors (Lipinski definition) is 20. The van der Waals surface area contributed by atoms with Gasteiger partial charge in [0.15, 0.2) is 17.1 Å². The van der Waals surface area contributed by atoms with Crippen LogP contribution < -0.4 is 40.7 Å². The third-order valence-electron chi connectivity index (χ3n) is 13.2. The largest absolute Gasteiger partial charge is 0.484 e. The van der Waals surface area contributed by atoms with Crippen molar-refractivity contribution in [2.45, 2.75) is 82.4 Å². The topological polar surface area (TPSA) is 321 Å². The minimum atomic E-state index is -2.74. The number of nitrogens with zero attached hydrogens (tertiary/aromatic N) is 10. The lowest BCUT2D eigenvalue weighted by molar-refractivity contribution is -0.170. The number of carbonyl (C=O) groups is 3. The Morgan fingerprint density at radius 2 is 0.987 bits per heavy atom. The summed E-state index contributed by atoms with van der Waals surface area (Å²) < 4.78 is 52.5. The number of aromatic nitrogens is 8. The third kappa shape index (κ3) is 15.8. The summed E-state index contributed by atoms with van der Waals surface area (Å²) in [4.78, 5) is 68.0. The van der Waals surface area contributed by atoms with E-state index in [9.17, 15) is 32.8 Å². The molecule has 4 aliphatic heterocycles. The second-order valence-corrected chi connectivity index (χ2v) is 18.6. The Kier molecular flexibility index (Phi) is 20.2. The highest BCUT2D eigenvalue weighted by molar-refractivity contribution is 5.88. The molecule has 28 heteroatoms. The Hall–Kier alpha value is -7.56. The minimum Gasteiger partial charge on any atom is -0.484 e. The van der Waals surface area contributed by atoms with E-state index in [2.05, 4.69) is 50.8 Å². The molecule has 0 amide bonds. The van der Waals surface area contributed by atoms with Gasteiger partial charge in [0.25, 0.3) is 22.9 Å². The number of piperidine rings is 2. The number of hydrogen-bond donors (Lipinski definition) is 6. The van der Waals surface area contributed by atoms with Gasteiger partial charge in [-0.1, -0.05) is 0 Å². The van der Waals surface area contributed by atoms with Crippen LogP contribution in [-0.4, -0.2) is 171 Å². The van der Waals surface area contributed by atoms with Crippen LogP contribution in [-0.2, 0) is 40.6 Å². The number of ether oxygens (including phenoxy) is 4. The SMILES string of the molecule is Cl.O=C(O)CC(O)(CC(=O)O)C(=O)O.O=c1cnc2ccc(F)cc2n1CCN1CCC(NCc2cc3c(nn2)OCCO3)CC1.O=c1cnc2ccc(F)cc2n1CCN1CCC(NCc2cc3c(nn2)OCCO3)CC1. The normalized spacial score (nSPS) is 15.8. The van der Waals surface area contributed by atoms with Crippen LogP contribution in [0.25, 0.3) is 22.1 Å². The summed E-state index contributed by atoms with van der Waals surface area (Å²) in [6.45, 7) is 9.49. The van der Waals surface area contributed by atoms with Crippen LogP contribution in [0.15, 0.2) is 70.5 Å². The molecule has 25 nitrogen and oxygen atoms in total. The molecule has 0 bridgehead atoms. The molecule has 2 saturated heterocycles. The number of nitrogens with one attached hydrogen (secondary N) is 2. The molecule has 0 aliphatic carbocycles. The van der Waals surface area contributed by atoms with Gasteiger partial charge in [0.1, 0.15) is 38.1 Å². The van der Waals surface area contributed by atoms with Crippen LogP contribution in [0.5, 0.6) is 23.3 Å². The smallest absolute Gasteiger partial charge is 0.336 e. The van der Waals surface area contributed by atoms with Crippen LogP contribution in [0.4, 0.5) is 8.78 Å². The molecule has 6 aromatic rings. The van der Waals surface area contributed by atoms with Crippen molar-refractivity contribution in [3.05, 3.63) is 105 Å². The zero-order valence-electron chi connectivity index (χ0n) is 42.2. The molecule has 4 aliphatic rings. The molecule has 0 saturated carbocycles. The van der Waals surface area contributed by atoms with Crippen LogP contribution >= 0.6 is 12.4 Å². The van der Waals surface area contributed by atoms with Crippen molar-refractivity contribution in [2.75, 3.05) is 65.7 Å². The first-order valence-electron chi connectivity index (χ1n) is 24.9. The maximum absolute atomic E-state index is 13.7. The van der Waals surface area contributed by atoms with E-state index < -0.39 is 36.4 Å². The van der Waals surface area contributed by atoms with E-state index in [0.717, 1.165) is 76.3 Å². The number of aliphatic carboxylic acids is 3. The Balaban J connectivity index is 0.000000184. The number of benzene rings is 2. The number of carboxylic acids is 3. The minimum absolute atomic E-state index is 0. The van der Waals surface area contributed by atoms with Gasteiger partial charge < -0.3 is 68.9 Å². The first-order chi connectivity index (χ1) is 37.1. The first kappa shape index (κ1) is 58.1. The molecular formula is C50H59ClF2N12O13. The van der Waals surface area contributed by atoms with E-state index in [0.29, 0.717) is 110 Å². The predicted octanol–water partition coefficient (Wildman–Crippen LogP) is 1.88. The van der Waals surface area contributed by atoms with Gasteiger partial charge in [-0.2, -0.15) is 10.2 Å². The van der Waals surface area contributed by atoms with Crippen molar-refractivity contribution < 1.29 is 62.5 Å². The van der Waals surface area contributed by atoms with E-state index in [1.807, 2.05) is 12.1 Å². The molecule has 6 N–H and O–H groups in total. The summed E-state index contributed by atoms with van der Waals surface area (Å²) in [6, 6.07) is 13.2. The maximum Gasteiger partial charge on any atom is 0.336 e. The molecule has 8 heterocycles. The fourth-order valence-corrected chi connectivity index (χ4v) is 9.11. The van der Waals surface area contributed by atoms with Crippen molar-refractivity contribution in [3.8, 4) is 23.3 Å². The lowest BCUT2D eigenvalue weighted by Crippen LogP contribution is -2.43.